The van der Waals surface area contributed by atoms with Crippen LogP contribution in [0.25, 0.3) is 0 Å². The quantitative estimate of drug-likeness (QED) is 0.732. The van der Waals surface area contributed by atoms with Crippen molar-refractivity contribution in [2.75, 3.05) is 0 Å². The topological polar surface area (TPSA) is 17.1 Å². The average molecular weight is 331 g/mol. The first kappa shape index (κ1) is 16.5. The van der Waals surface area contributed by atoms with Gasteiger partial charge in [0.2, 0.25) is 0 Å². The van der Waals surface area contributed by atoms with Crippen molar-refractivity contribution in [2.24, 2.45) is 0 Å². The predicted molar refractivity (Wildman–Crippen MR) is 75.3 cm³/mol. The summed E-state index contributed by atoms with van der Waals surface area (Å²) in [5.41, 5.74) is -0.281. The van der Waals surface area contributed by atoms with Crippen LogP contribution in [0.15, 0.2) is 42.5 Å². The zero-order valence-corrected chi connectivity index (χ0v) is 12.0. The molecule has 22 heavy (non-hydrogen) atoms. The summed E-state index contributed by atoms with van der Waals surface area (Å²) in [6.07, 6.45) is -4.80. The minimum atomic E-state index is -4.50. The van der Waals surface area contributed by atoms with Crippen molar-refractivity contribution in [3.63, 3.8) is 0 Å². The minimum absolute atomic E-state index is 0.0651. The molecule has 116 valence electrons. The van der Waals surface area contributed by atoms with Crippen molar-refractivity contribution in [3.05, 3.63) is 70.0 Å². The van der Waals surface area contributed by atoms with E-state index in [-0.39, 0.29) is 29.2 Å². The Labute approximate surface area is 129 Å². The first-order chi connectivity index (χ1) is 10.3. The predicted octanol–water partition coefficient (Wildman–Crippen LogP) is 4.85. The van der Waals surface area contributed by atoms with Gasteiger partial charge in [-0.05, 0) is 41.5 Å². The smallest absolute Gasteiger partial charge is 0.299 e. The average Bonchev–Trinajstić information content (AvgIpc) is 2.40. The van der Waals surface area contributed by atoms with E-state index in [1.54, 1.807) is 6.07 Å². The molecule has 0 saturated heterocycles. The van der Waals surface area contributed by atoms with E-state index in [4.69, 9.17) is 11.6 Å². The SMILES string of the molecule is O=C(Cc1cccc(F)c1)Cc1cc(C(F)(F)F)ccc1Cl. The molecule has 0 aliphatic heterocycles. The summed E-state index contributed by atoms with van der Waals surface area (Å²) >= 11 is 5.84. The molecular weight excluding hydrogens is 320 g/mol. The minimum Gasteiger partial charge on any atom is -0.299 e. The zero-order chi connectivity index (χ0) is 16.3. The van der Waals surface area contributed by atoms with E-state index >= 15 is 0 Å². The molecule has 0 aliphatic rings. The van der Waals surface area contributed by atoms with Gasteiger partial charge in [-0.1, -0.05) is 23.7 Å². The highest BCUT2D eigenvalue weighted by Gasteiger charge is 2.31. The van der Waals surface area contributed by atoms with E-state index in [0.717, 1.165) is 18.2 Å². The van der Waals surface area contributed by atoms with Gasteiger partial charge in [-0.2, -0.15) is 13.2 Å². The Balaban J connectivity index is 2.14. The van der Waals surface area contributed by atoms with Gasteiger partial charge in [-0.3, -0.25) is 4.79 Å². The van der Waals surface area contributed by atoms with Gasteiger partial charge in [0.05, 0.1) is 5.56 Å². The van der Waals surface area contributed by atoms with Gasteiger partial charge >= 0.3 is 6.18 Å². The van der Waals surface area contributed by atoms with E-state index in [1.807, 2.05) is 0 Å². The number of halogens is 5. The number of carbonyl (C=O) groups excluding carboxylic acids is 1. The van der Waals surface area contributed by atoms with Crippen molar-refractivity contribution in [1.29, 1.82) is 0 Å². The molecule has 0 radical (unpaired) electrons. The third-order valence-corrected chi connectivity index (χ3v) is 3.42. The monoisotopic (exact) mass is 330 g/mol. The lowest BCUT2D eigenvalue weighted by atomic mass is 10.0. The lowest BCUT2D eigenvalue weighted by Crippen LogP contribution is -2.10. The second-order valence-electron chi connectivity index (χ2n) is 4.83. The van der Waals surface area contributed by atoms with Crippen LogP contribution in [-0.2, 0) is 23.8 Å². The Morgan fingerprint density at radius 3 is 2.41 bits per heavy atom. The van der Waals surface area contributed by atoms with Crippen molar-refractivity contribution >= 4 is 17.4 Å². The molecule has 0 amide bonds. The molecule has 0 heterocycles. The fourth-order valence-electron chi connectivity index (χ4n) is 2.04. The molecule has 0 aromatic heterocycles. The Kier molecular flexibility index (Phi) is 4.86. The third kappa shape index (κ3) is 4.31. The van der Waals surface area contributed by atoms with Crippen LogP contribution >= 0.6 is 11.6 Å². The van der Waals surface area contributed by atoms with Crippen molar-refractivity contribution in [1.82, 2.24) is 0 Å². The van der Waals surface area contributed by atoms with Gasteiger partial charge in [0, 0.05) is 17.9 Å². The molecule has 0 bridgehead atoms. The second kappa shape index (κ2) is 6.48. The first-order valence-electron chi connectivity index (χ1n) is 6.37. The molecule has 0 atom stereocenters. The molecule has 0 saturated carbocycles. The van der Waals surface area contributed by atoms with Crippen LogP contribution in [0.4, 0.5) is 17.6 Å². The molecule has 2 aromatic rings. The molecule has 1 nitrogen and oxygen atoms in total. The van der Waals surface area contributed by atoms with Crippen LogP contribution in [0.5, 0.6) is 0 Å². The third-order valence-electron chi connectivity index (χ3n) is 3.05. The van der Waals surface area contributed by atoms with Crippen molar-refractivity contribution in [3.8, 4) is 0 Å². The van der Waals surface area contributed by atoms with Crippen molar-refractivity contribution < 1.29 is 22.4 Å². The summed E-state index contributed by atoms with van der Waals surface area (Å²) in [5.74, 6) is -0.811. The van der Waals surface area contributed by atoms with Crippen LogP contribution in [0.3, 0.4) is 0 Å². The van der Waals surface area contributed by atoms with Crippen molar-refractivity contribution in [2.45, 2.75) is 19.0 Å². The molecule has 0 spiro atoms. The van der Waals surface area contributed by atoms with Crippen LogP contribution in [-0.4, -0.2) is 5.78 Å². The van der Waals surface area contributed by atoms with Gasteiger partial charge in [0.1, 0.15) is 11.6 Å². The molecule has 0 N–H and O–H groups in total. The van der Waals surface area contributed by atoms with E-state index < -0.39 is 17.6 Å². The van der Waals surface area contributed by atoms with E-state index in [1.165, 1.54) is 18.2 Å². The van der Waals surface area contributed by atoms with Gasteiger partial charge in [-0.15, -0.1) is 0 Å². The summed E-state index contributed by atoms with van der Waals surface area (Å²) in [6.45, 7) is 0. The van der Waals surface area contributed by atoms with Gasteiger partial charge < -0.3 is 0 Å². The fraction of sp³-hybridized carbons (Fsp3) is 0.188. The number of hydrogen-bond donors (Lipinski definition) is 0. The zero-order valence-electron chi connectivity index (χ0n) is 11.3. The Morgan fingerprint density at radius 2 is 1.77 bits per heavy atom. The first-order valence-corrected chi connectivity index (χ1v) is 6.75. The summed E-state index contributed by atoms with van der Waals surface area (Å²) in [6, 6.07) is 8.36. The maximum Gasteiger partial charge on any atom is 0.416 e. The highest BCUT2D eigenvalue weighted by atomic mass is 35.5. The van der Waals surface area contributed by atoms with E-state index in [9.17, 15) is 22.4 Å². The Morgan fingerprint density at radius 1 is 1.05 bits per heavy atom. The number of Topliss-reactive ketones (excluding diaryl/α,β-unsaturated/α-hetero) is 1. The maximum atomic E-state index is 13.0. The summed E-state index contributed by atoms with van der Waals surface area (Å²) in [4.78, 5) is 11.9. The summed E-state index contributed by atoms with van der Waals surface area (Å²) in [7, 11) is 0. The Bertz CT molecular complexity index is 695. The van der Waals surface area contributed by atoms with E-state index in [0.29, 0.717) is 5.56 Å². The second-order valence-corrected chi connectivity index (χ2v) is 5.23. The number of benzene rings is 2. The number of hydrogen-bond acceptors (Lipinski definition) is 1. The van der Waals surface area contributed by atoms with Crippen LogP contribution in [0.1, 0.15) is 16.7 Å². The fourth-order valence-corrected chi connectivity index (χ4v) is 2.22. The van der Waals surface area contributed by atoms with Crippen LogP contribution in [0.2, 0.25) is 5.02 Å². The molecule has 0 unspecified atom stereocenters. The Hall–Kier alpha value is -1.88. The number of rotatable bonds is 4. The van der Waals surface area contributed by atoms with Gasteiger partial charge in [0.15, 0.2) is 0 Å². The molecule has 0 fully saturated rings. The molecule has 0 aliphatic carbocycles. The highest BCUT2D eigenvalue weighted by molar-refractivity contribution is 6.31. The van der Waals surface area contributed by atoms with Gasteiger partial charge in [-0.25, -0.2) is 4.39 Å². The lowest BCUT2D eigenvalue weighted by Gasteiger charge is -2.10. The largest absolute Gasteiger partial charge is 0.416 e. The maximum absolute atomic E-state index is 13.0. The number of ketones is 1. The molecular formula is C16H11ClF4O. The number of carbonyl (C=O) groups is 1. The molecule has 2 rings (SSSR count). The van der Waals surface area contributed by atoms with Crippen LogP contribution < -0.4 is 0 Å². The standard InChI is InChI=1S/C16H11ClF4O/c17-15-5-4-12(16(19,20)21)8-11(15)9-14(22)7-10-2-1-3-13(18)6-10/h1-6,8H,7,9H2. The molecule has 6 heteroatoms. The van der Waals surface area contributed by atoms with Gasteiger partial charge in [0.25, 0.3) is 0 Å². The molecule has 2 aromatic carbocycles. The highest BCUT2D eigenvalue weighted by Crippen LogP contribution is 2.32. The normalized spacial score (nSPS) is 11.5. The van der Waals surface area contributed by atoms with Crippen LogP contribution in [0, 0.1) is 5.82 Å². The summed E-state index contributed by atoms with van der Waals surface area (Å²) in [5, 5.41) is 0.0978. The number of alkyl halides is 3. The summed E-state index contributed by atoms with van der Waals surface area (Å²) < 4.78 is 51.0. The van der Waals surface area contributed by atoms with E-state index in [2.05, 4.69) is 0 Å². The lowest BCUT2D eigenvalue weighted by molar-refractivity contribution is -0.137.